The number of nitrogens with two attached hydrogens (primary N) is 1. The topological polar surface area (TPSA) is 55.1 Å². The van der Waals surface area contributed by atoms with Gasteiger partial charge in [-0.1, -0.05) is 13.8 Å². The van der Waals surface area contributed by atoms with Gasteiger partial charge in [-0.2, -0.15) is 0 Å². The zero-order chi connectivity index (χ0) is 12.4. The van der Waals surface area contributed by atoms with Crippen LogP contribution in [0.3, 0.4) is 0 Å². The van der Waals surface area contributed by atoms with Gasteiger partial charge in [-0.25, -0.2) is 0 Å². The van der Waals surface area contributed by atoms with E-state index in [-0.39, 0.29) is 11.8 Å². The number of rotatable bonds is 2. The number of nitrogens with one attached hydrogen (secondary N) is 1. The highest BCUT2D eigenvalue weighted by molar-refractivity contribution is 5.79. The molecule has 0 saturated heterocycles. The Morgan fingerprint density at radius 1 is 1.12 bits per heavy atom. The molecule has 0 heterocycles. The minimum atomic E-state index is 0.200. The average Bonchev–Trinajstić information content (AvgIpc) is 2.63. The summed E-state index contributed by atoms with van der Waals surface area (Å²) in [5.41, 5.74) is 5.94. The number of hydrogen-bond acceptors (Lipinski definition) is 2. The summed E-state index contributed by atoms with van der Waals surface area (Å²) in [4.78, 5) is 12.2. The Labute approximate surface area is 105 Å². The molecule has 17 heavy (non-hydrogen) atoms. The van der Waals surface area contributed by atoms with Crippen LogP contribution >= 0.6 is 0 Å². The van der Waals surface area contributed by atoms with Gasteiger partial charge in [0.15, 0.2) is 0 Å². The smallest absolute Gasteiger partial charge is 0.223 e. The van der Waals surface area contributed by atoms with Gasteiger partial charge in [0.05, 0.1) is 0 Å². The van der Waals surface area contributed by atoms with Crippen LogP contribution in [0, 0.1) is 17.8 Å². The normalized spacial score (nSPS) is 42.4. The lowest BCUT2D eigenvalue weighted by molar-refractivity contribution is -0.128. The first kappa shape index (κ1) is 12.9. The Morgan fingerprint density at radius 3 is 2.47 bits per heavy atom. The van der Waals surface area contributed by atoms with Crippen LogP contribution in [-0.4, -0.2) is 18.0 Å². The first-order valence-electron chi connectivity index (χ1n) is 7.12. The molecular formula is C14H26N2O. The maximum atomic E-state index is 12.2. The van der Waals surface area contributed by atoms with Crippen LogP contribution in [0.25, 0.3) is 0 Å². The van der Waals surface area contributed by atoms with Crippen molar-refractivity contribution >= 4 is 5.91 Å². The Hall–Kier alpha value is -0.570. The molecule has 0 aromatic carbocycles. The van der Waals surface area contributed by atoms with E-state index in [0.717, 1.165) is 38.0 Å². The third-order valence-electron chi connectivity index (χ3n) is 4.59. The fourth-order valence-electron chi connectivity index (χ4n) is 3.47. The first-order valence-corrected chi connectivity index (χ1v) is 7.12. The maximum Gasteiger partial charge on any atom is 0.223 e. The van der Waals surface area contributed by atoms with Gasteiger partial charge in [-0.3, -0.25) is 4.79 Å². The summed E-state index contributed by atoms with van der Waals surface area (Å²) in [6, 6.07) is 0.737. The standard InChI is InChI=1S/C14H26N2O/c1-9-3-5-12(7-9)16-14(17)13-6-4-11(15)8-10(13)2/h9-13H,3-8,15H2,1-2H3,(H,16,17). The van der Waals surface area contributed by atoms with E-state index in [4.69, 9.17) is 5.73 Å². The van der Waals surface area contributed by atoms with E-state index < -0.39 is 0 Å². The molecule has 2 fully saturated rings. The highest BCUT2D eigenvalue weighted by Crippen LogP contribution is 2.30. The molecule has 2 saturated carbocycles. The van der Waals surface area contributed by atoms with Gasteiger partial charge >= 0.3 is 0 Å². The van der Waals surface area contributed by atoms with E-state index in [1.165, 1.54) is 6.42 Å². The molecule has 5 unspecified atom stereocenters. The van der Waals surface area contributed by atoms with Gasteiger partial charge in [-0.15, -0.1) is 0 Å². The number of amides is 1. The molecule has 0 spiro atoms. The quantitative estimate of drug-likeness (QED) is 0.773. The Kier molecular flexibility index (Phi) is 4.08. The van der Waals surface area contributed by atoms with Crippen molar-refractivity contribution < 1.29 is 4.79 Å². The van der Waals surface area contributed by atoms with Crippen LogP contribution in [0.15, 0.2) is 0 Å². The Bertz CT molecular complexity index is 279. The van der Waals surface area contributed by atoms with Crippen molar-refractivity contribution in [2.24, 2.45) is 23.5 Å². The van der Waals surface area contributed by atoms with Crippen LogP contribution < -0.4 is 11.1 Å². The summed E-state index contributed by atoms with van der Waals surface area (Å²) in [5.74, 6) is 1.70. The molecule has 2 aliphatic rings. The molecule has 5 atom stereocenters. The molecule has 1 amide bonds. The summed E-state index contributed by atoms with van der Waals surface area (Å²) in [6.45, 7) is 4.44. The predicted molar refractivity (Wildman–Crippen MR) is 69.4 cm³/mol. The van der Waals surface area contributed by atoms with Gasteiger partial charge in [0.1, 0.15) is 0 Å². The maximum absolute atomic E-state index is 12.2. The molecule has 0 aromatic rings. The predicted octanol–water partition coefficient (Wildman–Crippen LogP) is 2.05. The monoisotopic (exact) mass is 238 g/mol. The van der Waals surface area contributed by atoms with Gasteiger partial charge in [0.25, 0.3) is 0 Å². The lowest BCUT2D eigenvalue weighted by Gasteiger charge is -2.32. The molecule has 3 N–H and O–H groups in total. The lowest BCUT2D eigenvalue weighted by Crippen LogP contribution is -2.43. The second-order valence-corrected chi connectivity index (χ2v) is 6.28. The fourth-order valence-corrected chi connectivity index (χ4v) is 3.47. The van der Waals surface area contributed by atoms with E-state index >= 15 is 0 Å². The molecule has 3 heteroatoms. The van der Waals surface area contributed by atoms with Crippen LogP contribution in [-0.2, 0) is 4.79 Å². The summed E-state index contributed by atoms with van der Waals surface area (Å²) in [6.07, 6.45) is 6.55. The highest BCUT2D eigenvalue weighted by atomic mass is 16.2. The van der Waals surface area contributed by atoms with Gasteiger partial charge in [0.2, 0.25) is 5.91 Å². The molecular weight excluding hydrogens is 212 g/mol. The zero-order valence-electron chi connectivity index (χ0n) is 11.1. The van der Waals surface area contributed by atoms with Gasteiger partial charge < -0.3 is 11.1 Å². The molecule has 0 aliphatic heterocycles. The van der Waals surface area contributed by atoms with Crippen molar-refractivity contribution in [3.05, 3.63) is 0 Å². The van der Waals surface area contributed by atoms with Crippen LogP contribution in [0.2, 0.25) is 0 Å². The van der Waals surface area contributed by atoms with Crippen molar-refractivity contribution in [2.45, 2.75) is 64.5 Å². The lowest BCUT2D eigenvalue weighted by atomic mass is 9.77. The van der Waals surface area contributed by atoms with Crippen molar-refractivity contribution in [3.63, 3.8) is 0 Å². The fraction of sp³-hybridized carbons (Fsp3) is 0.929. The third-order valence-corrected chi connectivity index (χ3v) is 4.59. The summed E-state index contributed by atoms with van der Waals surface area (Å²) >= 11 is 0. The summed E-state index contributed by atoms with van der Waals surface area (Å²) in [5, 5.41) is 3.24. The highest BCUT2D eigenvalue weighted by Gasteiger charge is 2.32. The van der Waals surface area contributed by atoms with Gasteiger partial charge in [0, 0.05) is 18.0 Å². The third kappa shape index (κ3) is 3.21. The molecule has 0 radical (unpaired) electrons. The van der Waals surface area contributed by atoms with Crippen LogP contribution in [0.5, 0.6) is 0 Å². The van der Waals surface area contributed by atoms with E-state index in [2.05, 4.69) is 19.2 Å². The molecule has 3 nitrogen and oxygen atoms in total. The van der Waals surface area contributed by atoms with Crippen molar-refractivity contribution in [3.8, 4) is 0 Å². The zero-order valence-corrected chi connectivity index (χ0v) is 11.1. The second-order valence-electron chi connectivity index (χ2n) is 6.28. The van der Waals surface area contributed by atoms with E-state index in [1.54, 1.807) is 0 Å². The van der Waals surface area contributed by atoms with Crippen molar-refractivity contribution in [1.82, 2.24) is 5.32 Å². The number of carbonyl (C=O) groups is 1. The molecule has 0 bridgehead atoms. The van der Waals surface area contributed by atoms with Crippen LogP contribution in [0.1, 0.15) is 52.4 Å². The second kappa shape index (κ2) is 5.38. The van der Waals surface area contributed by atoms with E-state index in [9.17, 15) is 4.79 Å². The molecule has 0 aromatic heterocycles. The molecule has 2 rings (SSSR count). The van der Waals surface area contributed by atoms with Crippen molar-refractivity contribution in [1.29, 1.82) is 0 Å². The van der Waals surface area contributed by atoms with E-state index in [1.807, 2.05) is 0 Å². The van der Waals surface area contributed by atoms with Crippen LogP contribution in [0.4, 0.5) is 0 Å². The first-order chi connectivity index (χ1) is 8.06. The summed E-state index contributed by atoms with van der Waals surface area (Å²) < 4.78 is 0. The molecule has 98 valence electrons. The minimum Gasteiger partial charge on any atom is -0.353 e. The Balaban J connectivity index is 1.83. The molecule has 2 aliphatic carbocycles. The SMILES string of the molecule is CC1CCC(NC(=O)C2CCC(N)CC2C)C1. The van der Waals surface area contributed by atoms with Gasteiger partial charge in [-0.05, 0) is 50.4 Å². The minimum absolute atomic E-state index is 0.200. The number of hydrogen-bond donors (Lipinski definition) is 2. The van der Waals surface area contributed by atoms with Crippen molar-refractivity contribution in [2.75, 3.05) is 0 Å². The summed E-state index contributed by atoms with van der Waals surface area (Å²) in [7, 11) is 0. The van der Waals surface area contributed by atoms with E-state index in [0.29, 0.717) is 18.0 Å². The Morgan fingerprint density at radius 2 is 1.88 bits per heavy atom. The average molecular weight is 238 g/mol. The largest absolute Gasteiger partial charge is 0.353 e. The number of carbonyl (C=O) groups excluding carboxylic acids is 1.